The summed E-state index contributed by atoms with van der Waals surface area (Å²) in [4.78, 5) is 3.22. The predicted molar refractivity (Wildman–Crippen MR) is 202 cm³/mol. The van der Waals surface area contributed by atoms with Gasteiger partial charge in [0, 0.05) is 35.0 Å². The third-order valence-corrected chi connectivity index (χ3v) is 16.2. The summed E-state index contributed by atoms with van der Waals surface area (Å²) in [5, 5.41) is 0. The molecule has 1 aromatic carbocycles. The standard InChI is InChI=1S/C47H63NO/c1-4-16-33(17-5-1)47(34-18-6-2-7-19-34)40-30-27-32-15-10-11-22-37(32)45(40)38-29-28-36(31-41(38)47)48(35-20-8-3-9-21-35)42-24-14-26-44-46(42)39-23-12-13-25-43(39)49-44/h4,12-13,16-17,23,25,27,30-32,34-38,40,42,44-46H,1-3,5-11,14-15,18-22,24,26,28-29H2. The topological polar surface area (TPSA) is 12.5 Å². The molecule has 0 N–H and O–H groups in total. The van der Waals surface area contributed by atoms with E-state index in [1.54, 1.807) is 5.57 Å². The number of hydrogen-bond acceptors (Lipinski definition) is 2. The molecule has 0 amide bonds. The zero-order valence-electron chi connectivity index (χ0n) is 30.3. The van der Waals surface area contributed by atoms with Gasteiger partial charge in [-0.2, -0.15) is 0 Å². The van der Waals surface area contributed by atoms with Gasteiger partial charge in [-0.05, 0) is 131 Å². The number of rotatable bonds is 5. The molecule has 5 saturated carbocycles. The Balaban J connectivity index is 1.12. The summed E-state index contributed by atoms with van der Waals surface area (Å²) in [6, 6.07) is 11.1. The Labute approximate surface area is 297 Å². The smallest absolute Gasteiger partial charge is 0.123 e. The normalized spacial score (nSPS) is 41.9. The van der Waals surface area contributed by atoms with Crippen LogP contribution in [-0.4, -0.2) is 29.1 Å². The van der Waals surface area contributed by atoms with Gasteiger partial charge < -0.3 is 4.74 Å². The van der Waals surface area contributed by atoms with Crippen LogP contribution in [-0.2, 0) is 0 Å². The quantitative estimate of drug-likeness (QED) is 0.292. The number of nitrogens with zero attached hydrogens (tertiary/aromatic N) is 1. The van der Waals surface area contributed by atoms with Gasteiger partial charge in [0.05, 0.1) is 0 Å². The zero-order valence-corrected chi connectivity index (χ0v) is 30.3. The minimum atomic E-state index is 0.223. The van der Waals surface area contributed by atoms with Crippen molar-refractivity contribution < 1.29 is 4.74 Å². The average molecular weight is 658 g/mol. The number of hydrogen-bond donors (Lipinski definition) is 0. The van der Waals surface area contributed by atoms with Crippen LogP contribution in [0.15, 0.2) is 71.9 Å². The highest BCUT2D eigenvalue weighted by atomic mass is 16.5. The van der Waals surface area contributed by atoms with E-state index < -0.39 is 0 Å². The van der Waals surface area contributed by atoms with E-state index in [9.17, 15) is 0 Å². The highest BCUT2D eigenvalue weighted by molar-refractivity contribution is 5.49. The lowest BCUT2D eigenvalue weighted by atomic mass is 9.54. The molecular formula is C47H63NO. The maximum absolute atomic E-state index is 6.78. The third-order valence-electron chi connectivity index (χ3n) is 16.2. The highest BCUT2D eigenvalue weighted by Gasteiger charge is 2.64. The molecule has 5 fully saturated rings. The summed E-state index contributed by atoms with van der Waals surface area (Å²) in [6.45, 7) is 0. The summed E-state index contributed by atoms with van der Waals surface area (Å²) in [6.07, 6.45) is 46.4. The summed E-state index contributed by atoms with van der Waals surface area (Å²) in [5.41, 5.74) is 5.47. The first-order valence-electron chi connectivity index (χ1n) is 21.6. The Bertz CT molecular complexity index is 1490. The maximum Gasteiger partial charge on any atom is 0.123 e. The van der Waals surface area contributed by atoms with Crippen LogP contribution in [0.1, 0.15) is 146 Å². The Morgan fingerprint density at radius 3 is 2.39 bits per heavy atom. The molecule has 0 aromatic heterocycles. The first kappa shape index (κ1) is 31.7. The fraction of sp³-hybridized carbons (Fsp3) is 0.702. The first-order valence-corrected chi connectivity index (χ1v) is 21.6. The van der Waals surface area contributed by atoms with Crippen molar-refractivity contribution in [2.75, 3.05) is 0 Å². The van der Waals surface area contributed by atoms with E-state index in [0.29, 0.717) is 30.0 Å². The van der Waals surface area contributed by atoms with Gasteiger partial charge in [0.1, 0.15) is 11.9 Å². The monoisotopic (exact) mass is 657 g/mol. The second-order valence-corrected chi connectivity index (χ2v) is 18.3. The Morgan fingerprint density at radius 1 is 0.714 bits per heavy atom. The van der Waals surface area contributed by atoms with Crippen molar-refractivity contribution in [3.05, 3.63) is 77.4 Å². The highest BCUT2D eigenvalue weighted by Crippen LogP contribution is 2.71. The van der Waals surface area contributed by atoms with Crippen molar-refractivity contribution in [1.29, 1.82) is 0 Å². The molecule has 2 heteroatoms. The molecule has 10 atom stereocenters. The van der Waals surface area contributed by atoms with E-state index in [0.717, 1.165) is 35.6 Å². The predicted octanol–water partition coefficient (Wildman–Crippen LogP) is 11.9. The molecule has 10 unspecified atom stereocenters. The lowest BCUT2D eigenvalue weighted by Crippen LogP contribution is -2.55. The molecule has 1 aromatic rings. The average Bonchev–Trinajstić information content (AvgIpc) is 3.70. The maximum atomic E-state index is 6.78. The van der Waals surface area contributed by atoms with Crippen LogP contribution in [0.3, 0.4) is 0 Å². The van der Waals surface area contributed by atoms with Gasteiger partial charge >= 0.3 is 0 Å². The SMILES string of the molecule is C1=CC(C2(C3CCCCC3)C3=CC(N(C4CCCCC4)C4CCCC5Oc6ccccc6C54)CCC3C3C4CCCCC4C=CC32)=CCC1. The van der Waals surface area contributed by atoms with Crippen LogP contribution >= 0.6 is 0 Å². The minimum absolute atomic E-state index is 0.223. The van der Waals surface area contributed by atoms with Crippen LogP contribution in [0.5, 0.6) is 5.75 Å². The molecule has 9 aliphatic rings. The molecular weight excluding hydrogens is 595 g/mol. The third kappa shape index (κ3) is 5.10. The van der Waals surface area contributed by atoms with Gasteiger partial charge in [0.25, 0.3) is 0 Å². The van der Waals surface area contributed by atoms with E-state index >= 15 is 0 Å². The number of benzene rings is 1. The molecule has 0 bridgehead atoms. The molecule has 2 nitrogen and oxygen atoms in total. The van der Waals surface area contributed by atoms with E-state index in [1.165, 1.54) is 146 Å². The molecule has 0 saturated heterocycles. The largest absolute Gasteiger partial charge is 0.489 e. The minimum Gasteiger partial charge on any atom is -0.489 e. The second kappa shape index (κ2) is 13.2. The van der Waals surface area contributed by atoms with Gasteiger partial charge in [-0.15, -0.1) is 0 Å². The van der Waals surface area contributed by atoms with E-state index in [2.05, 4.69) is 65.6 Å². The molecule has 0 spiro atoms. The van der Waals surface area contributed by atoms with E-state index in [1.807, 2.05) is 5.57 Å². The number of para-hydroxylation sites is 1. The summed E-state index contributed by atoms with van der Waals surface area (Å²) in [7, 11) is 0. The summed E-state index contributed by atoms with van der Waals surface area (Å²) in [5.74, 6) is 6.63. The number of fused-ring (bicyclic) bond motifs is 8. The van der Waals surface area contributed by atoms with Crippen molar-refractivity contribution >= 4 is 0 Å². The Hall–Kier alpha value is -2.06. The molecule has 8 aliphatic carbocycles. The van der Waals surface area contributed by atoms with Crippen LogP contribution in [0.2, 0.25) is 0 Å². The number of allylic oxidation sites excluding steroid dienone is 7. The summed E-state index contributed by atoms with van der Waals surface area (Å²) < 4.78 is 6.78. The van der Waals surface area contributed by atoms with Crippen molar-refractivity contribution in [2.45, 2.75) is 165 Å². The molecule has 1 aliphatic heterocycles. The zero-order chi connectivity index (χ0) is 32.4. The molecule has 262 valence electrons. The number of ether oxygens (including phenoxy) is 1. The molecule has 0 radical (unpaired) electrons. The second-order valence-electron chi connectivity index (χ2n) is 18.3. The van der Waals surface area contributed by atoms with E-state index in [-0.39, 0.29) is 5.41 Å². The van der Waals surface area contributed by atoms with Crippen molar-refractivity contribution in [3.8, 4) is 5.75 Å². The lowest BCUT2D eigenvalue weighted by molar-refractivity contribution is 0.00874. The first-order chi connectivity index (χ1) is 24.3. The Morgan fingerprint density at radius 2 is 1.53 bits per heavy atom. The summed E-state index contributed by atoms with van der Waals surface area (Å²) >= 11 is 0. The van der Waals surface area contributed by atoms with Gasteiger partial charge in [0.15, 0.2) is 0 Å². The van der Waals surface area contributed by atoms with E-state index in [4.69, 9.17) is 4.74 Å². The van der Waals surface area contributed by atoms with Gasteiger partial charge in [-0.25, -0.2) is 0 Å². The van der Waals surface area contributed by atoms with Crippen LogP contribution in [0, 0.1) is 40.9 Å². The van der Waals surface area contributed by atoms with Crippen LogP contribution in [0.25, 0.3) is 0 Å². The van der Waals surface area contributed by atoms with Crippen molar-refractivity contribution in [3.63, 3.8) is 0 Å². The molecule has 1 heterocycles. The fourth-order valence-corrected chi connectivity index (χ4v) is 14.5. The van der Waals surface area contributed by atoms with Crippen LogP contribution in [0.4, 0.5) is 0 Å². The van der Waals surface area contributed by atoms with Crippen LogP contribution < -0.4 is 4.74 Å². The van der Waals surface area contributed by atoms with Gasteiger partial charge in [0.2, 0.25) is 0 Å². The van der Waals surface area contributed by atoms with Crippen molar-refractivity contribution in [2.24, 2.45) is 40.9 Å². The fourth-order valence-electron chi connectivity index (χ4n) is 14.5. The van der Waals surface area contributed by atoms with Gasteiger partial charge in [-0.3, -0.25) is 4.90 Å². The lowest BCUT2D eigenvalue weighted by Gasteiger charge is -2.52. The molecule has 10 rings (SSSR count). The molecule has 49 heavy (non-hydrogen) atoms. The van der Waals surface area contributed by atoms with Crippen molar-refractivity contribution in [1.82, 2.24) is 4.90 Å². The van der Waals surface area contributed by atoms with Gasteiger partial charge in [-0.1, -0.05) is 112 Å². The Kier molecular flexibility index (Phi) is 8.51.